The fourth-order valence-corrected chi connectivity index (χ4v) is 1.54. The van der Waals surface area contributed by atoms with Gasteiger partial charge in [0.2, 0.25) is 0 Å². The second kappa shape index (κ2) is 7.39. The van der Waals surface area contributed by atoms with E-state index in [-0.39, 0.29) is 0 Å². The number of benzene rings is 1. The molecule has 0 saturated carbocycles. The van der Waals surface area contributed by atoms with Crippen LogP contribution in [0.5, 0.6) is 0 Å². The maximum absolute atomic E-state index is 12.5. The number of amides is 1. The van der Waals surface area contributed by atoms with E-state index < -0.39 is 23.9 Å². The van der Waals surface area contributed by atoms with Crippen LogP contribution in [0.3, 0.4) is 0 Å². The third-order valence-corrected chi connectivity index (χ3v) is 2.31. The van der Waals surface area contributed by atoms with Crippen LogP contribution in [0.2, 0.25) is 0 Å². The molecule has 0 aliphatic carbocycles. The highest BCUT2D eigenvalue weighted by atomic mass is 17.0. The molecule has 0 aliphatic rings. The summed E-state index contributed by atoms with van der Waals surface area (Å²) in [5, 5.41) is 1.56. The second-order valence-corrected chi connectivity index (χ2v) is 4.51. The van der Waals surface area contributed by atoms with E-state index in [0.717, 1.165) is 18.9 Å². The lowest BCUT2D eigenvalue weighted by Gasteiger charge is -2.32. The Morgan fingerprint density at radius 3 is 1.81 bits per heavy atom. The van der Waals surface area contributed by atoms with E-state index in [1.165, 1.54) is 0 Å². The van der Waals surface area contributed by atoms with Gasteiger partial charge in [-0.3, -0.25) is 14.4 Å². The van der Waals surface area contributed by atoms with Gasteiger partial charge in [-0.2, -0.15) is 0 Å². The summed E-state index contributed by atoms with van der Waals surface area (Å²) >= 11 is 0. The van der Waals surface area contributed by atoms with E-state index in [1.807, 2.05) is 0 Å². The van der Waals surface area contributed by atoms with Crippen LogP contribution in [0, 0.1) is 0 Å². The average molecular weight is 294 g/mol. The predicted octanol–water partition coefficient (Wildman–Crippen LogP) is 1.71. The molecule has 1 rings (SSSR count). The van der Waals surface area contributed by atoms with Gasteiger partial charge in [0.1, 0.15) is 5.34 Å². The first-order valence-corrected chi connectivity index (χ1v) is 6.38. The molecule has 1 aromatic rings. The van der Waals surface area contributed by atoms with Gasteiger partial charge in [0.25, 0.3) is 5.91 Å². The molecule has 7 heteroatoms. The summed E-state index contributed by atoms with van der Waals surface area (Å²) in [6.07, 6.45) is 0. The lowest BCUT2D eigenvalue weighted by Crippen LogP contribution is -2.51. The van der Waals surface area contributed by atoms with Crippen molar-refractivity contribution in [3.63, 3.8) is 0 Å². The number of carbonyl (C=O) groups excluding carboxylic acids is 3. The minimum atomic E-state index is -0.720. The molecule has 0 heterocycles. The van der Waals surface area contributed by atoms with E-state index >= 15 is 0 Å². The van der Waals surface area contributed by atoms with Crippen molar-refractivity contribution in [1.82, 2.24) is 10.3 Å². The van der Waals surface area contributed by atoms with Crippen LogP contribution in [0.15, 0.2) is 30.3 Å². The van der Waals surface area contributed by atoms with Crippen molar-refractivity contribution in [2.45, 2.75) is 33.7 Å². The molecule has 114 valence electrons. The molecule has 21 heavy (non-hydrogen) atoms. The van der Waals surface area contributed by atoms with Gasteiger partial charge >= 0.3 is 11.9 Å². The molecule has 1 amide bonds. The fourth-order valence-electron chi connectivity index (χ4n) is 1.54. The Morgan fingerprint density at radius 2 is 1.43 bits per heavy atom. The molecule has 0 aliphatic heterocycles. The Bertz CT molecular complexity index is 499. The number of nitrogens with zero attached hydrogens (tertiary/aromatic N) is 2. The molecule has 7 nitrogen and oxygen atoms in total. The monoisotopic (exact) mass is 294 g/mol. The summed E-state index contributed by atoms with van der Waals surface area (Å²) in [5.74, 6) is -1.90. The van der Waals surface area contributed by atoms with Crippen molar-refractivity contribution in [2.24, 2.45) is 0 Å². The molecule has 0 N–H and O–H groups in total. The topological polar surface area (TPSA) is 76.2 Å². The number of hydrazine groups is 1. The highest BCUT2D eigenvalue weighted by molar-refractivity contribution is 5.94. The first-order chi connectivity index (χ1) is 9.82. The minimum absolute atomic E-state index is 0.371. The molecule has 1 aromatic carbocycles. The van der Waals surface area contributed by atoms with Gasteiger partial charge in [0.15, 0.2) is 0 Å². The Kier molecular flexibility index (Phi) is 5.86. The van der Waals surface area contributed by atoms with Crippen molar-refractivity contribution < 1.29 is 24.1 Å². The Morgan fingerprint density at radius 1 is 0.952 bits per heavy atom. The third-order valence-electron chi connectivity index (χ3n) is 2.31. The summed E-state index contributed by atoms with van der Waals surface area (Å²) in [4.78, 5) is 44.3. The molecule has 0 aromatic heterocycles. The summed E-state index contributed by atoms with van der Waals surface area (Å²) in [6, 6.07) is 7.99. The largest absolute Gasteiger partial charge is 0.328 e. The molecule has 0 fully saturated rings. The van der Waals surface area contributed by atoms with E-state index in [9.17, 15) is 14.4 Å². The number of rotatable bonds is 5. The Balaban J connectivity index is 3.09. The molecule has 0 saturated heterocycles. The van der Waals surface area contributed by atoms with E-state index in [2.05, 4.69) is 0 Å². The highest BCUT2D eigenvalue weighted by Gasteiger charge is 2.30. The standard InChI is InChI=1S/C14H18N2O5/c1-10(2)15(14(19)13-8-6-5-7-9-13)16(20-11(3)17)21-12(4)18/h5-10H,1-4H3. The number of hydrogen-bond donors (Lipinski definition) is 0. The van der Waals surface area contributed by atoms with Crippen LogP contribution in [0.1, 0.15) is 38.1 Å². The zero-order chi connectivity index (χ0) is 16.0. The molecule has 0 atom stereocenters. The first-order valence-electron chi connectivity index (χ1n) is 6.38. The summed E-state index contributed by atoms with van der Waals surface area (Å²) in [7, 11) is 0. The van der Waals surface area contributed by atoms with Crippen molar-refractivity contribution in [1.29, 1.82) is 0 Å². The molecule has 0 spiro atoms. The van der Waals surface area contributed by atoms with Crippen LogP contribution in [0.4, 0.5) is 0 Å². The van der Waals surface area contributed by atoms with Gasteiger partial charge in [-0.15, -0.1) is 0 Å². The average Bonchev–Trinajstić information content (AvgIpc) is 2.37. The molecule has 0 unspecified atom stereocenters. The minimum Gasteiger partial charge on any atom is -0.315 e. The van der Waals surface area contributed by atoms with E-state index in [4.69, 9.17) is 9.68 Å². The first kappa shape index (κ1) is 16.6. The number of hydrogen-bond acceptors (Lipinski definition) is 6. The van der Waals surface area contributed by atoms with Gasteiger partial charge in [-0.25, -0.2) is 5.01 Å². The van der Waals surface area contributed by atoms with Crippen molar-refractivity contribution in [3.05, 3.63) is 35.9 Å². The molecule has 0 bridgehead atoms. The normalized spacial score (nSPS) is 10.4. The zero-order valence-electron chi connectivity index (χ0n) is 12.4. The van der Waals surface area contributed by atoms with Gasteiger partial charge < -0.3 is 9.68 Å². The van der Waals surface area contributed by atoms with Crippen LogP contribution < -0.4 is 0 Å². The quantitative estimate of drug-likeness (QED) is 0.769. The van der Waals surface area contributed by atoms with Crippen LogP contribution in [-0.4, -0.2) is 34.2 Å². The molecular formula is C14H18N2O5. The van der Waals surface area contributed by atoms with Crippen LogP contribution >= 0.6 is 0 Å². The fraction of sp³-hybridized carbons (Fsp3) is 0.357. The smallest absolute Gasteiger partial charge is 0.315 e. The Labute approximate surface area is 122 Å². The van der Waals surface area contributed by atoms with Crippen LogP contribution in [0.25, 0.3) is 0 Å². The van der Waals surface area contributed by atoms with Crippen molar-refractivity contribution in [3.8, 4) is 0 Å². The SMILES string of the molecule is CC(=O)ON(OC(C)=O)N(C(=O)c1ccccc1)C(C)C. The maximum atomic E-state index is 12.5. The summed E-state index contributed by atoms with van der Waals surface area (Å²) < 4.78 is 0. The van der Waals surface area contributed by atoms with Gasteiger partial charge in [0, 0.05) is 25.5 Å². The third kappa shape index (κ3) is 4.88. The van der Waals surface area contributed by atoms with Gasteiger partial charge in [-0.05, 0) is 26.0 Å². The molecule has 0 radical (unpaired) electrons. The predicted molar refractivity (Wildman–Crippen MR) is 73.1 cm³/mol. The maximum Gasteiger partial charge on any atom is 0.328 e. The van der Waals surface area contributed by atoms with Gasteiger partial charge in [-0.1, -0.05) is 18.2 Å². The summed E-state index contributed by atoms with van der Waals surface area (Å²) in [6.45, 7) is 5.67. The lowest BCUT2D eigenvalue weighted by molar-refractivity contribution is -0.405. The highest BCUT2D eigenvalue weighted by Crippen LogP contribution is 2.13. The van der Waals surface area contributed by atoms with E-state index in [0.29, 0.717) is 10.9 Å². The van der Waals surface area contributed by atoms with Crippen molar-refractivity contribution >= 4 is 17.8 Å². The molecular weight excluding hydrogens is 276 g/mol. The van der Waals surface area contributed by atoms with Crippen LogP contribution in [-0.2, 0) is 19.3 Å². The summed E-state index contributed by atoms with van der Waals surface area (Å²) in [5.41, 5.74) is 0.371. The van der Waals surface area contributed by atoms with Crippen molar-refractivity contribution in [2.75, 3.05) is 0 Å². The van der Waals surface area contributed by atoms with Gasteiger partial charge in [0.05, 0.1) is 0 Å². The Hall–Kier alpha value is -2.41. The lowest BCUT2D eigenvalue weighted by atomic mass is 10.2. The zero-order valence-corrected chi connectivity index (χ0v) is 12.4. The van der Waals surface area contributed by atoms with E-state index in [1.54, 1.807) is 44.2 Å². The second-order valence-electron chi connectivity index (χ2n) is 4.51. The number of carbonyl (C=O) groups is 3.